The molecule has 0 aliphatic heterocycles. The van der Waals surface area contributed by atoms with Crippen LogP contribution in [0.4, 0.5) is 5.69 Å². The molecule has 0 spiro atoms. The zero-order valence-corrected chi connectivity index (χ0v) is 13.2. The Kier molecular flexibility index (Phi) is 6.38. The molecule has 0 radical (unpaired) electrons. The molecule has 0 saturated heterocycles. The monoisotopic (exact) mass is 300 g/mol. The Hall–Kier alpha value is -1.18. The third kappa shape index (κ3) is 3.68. The van der Waals surface area contributed by atoms with Crippen molar-refractivity contribution in [1.82, 2.24) is 9.29 Å². The van der Waals surface area contributed by atoms with E-state index in [1.54, 1.807) is 6.07 Å². The molecule has 7 heteroatoms. The number of hydrogen-bond donors (Lipinski definition) is 2. The lowest BCUT2D eigenvalue weighted by atomic mass is 10.0. The summed E-state index contributed by atoms with van der Waals surface area (Å²) in [5.41, 5.74) is 2.78. The van der Waals surface area contributed by atoms with E-state index in [-0.39, 0.29) is 4.90 Å². The highest BCUT2D eigenvalue weighted by Crippen LogP contribution is 2.24. The second-order valence-corrected chi connectivity index (χ2v) is 6.56. The lowest BCUT2D eigenvalue weighted by Crippen LogP contribution is -2.35. The second-order valence-electron chi connectivity index (χ2n) is 4.65. The van der Waals surface area contributed by atoms with Crippen molar-refractivity contribution in [3.8, 4) is 0 Å². The number of nitrogens with two attached hydrogens (primary N) is 1. The number of nitrogen functional groups attached to an aromatic ring is 1. The van der Waals surface area contributed by atoms with Crippen LogP contribution in [0.2, 0.25) is 0 Å². The number of hydrazine groups is 1. The van der Waals surface area contributed by atoms with Crippen molar-refractivity contribution >= 4 is 15.7 Å². The first-order valence-corrected chi connectivity index (χ1v) is 8.35. The molecule has 0 aromatic carbocycles. The first-order valence-electron chi connectivity index (χ1n) is 6.91. The van der Waals surface area contributed by atoms with Gasteiger partial charge < -0.3 is 5.43 Å². The number of nitrogens with zero attached hydrogens (tertiary/aromatic N) is 2. The summed E-state index contributed by atoms with van der Waals surface area (Å²) >= 11 is 0. The van der Waals surface area contributed by atoms with Gasteiger partial charge in [-0.1, -0.05) is 33.6 Å². The minimum Gasteiger partial charge on any atom is -0.323 e. The molecule has 0 aliphatic rings. The summed E-state index contributed by atoms with van der Waals surface area (Å²) in [7, 11) is -3.58. The Morgan fingerprint density at radius 1 is 1.35 bits per heavy atom. The fourth-order valence-electron chi connectivity index (χ4n) is 2.08. The highest BCUT2D eigenvalue weighted by Gasteiger charge is 2.27. The summed E-state index contributed by atoms with van der Waals surface area (Å²) in [6.07, 6.45) is 4.75. The molecule has 3 N–H and O–H groups in total. The predicted molar refractivity (Wildman–Crippen MR) is 80.6 cm³/mol. The molecule has 0 bridgehead atoms. The van der Waals surface area contributed by atoms with Crippen LogP contribution in [-0.4, -0.2) is 30.8 Å². The van der Waals surface area contributed by atoms with Gasteiger partial charge >= 0.3 is 0 Å². The van der Waals surface area contributed by atoms with Gasteiger partial charge in [-0.25, -0.2) is 8.42 Å². The summed E-state index contributed by atoms with van der Waals surface area (Å²) in [5, 5.41) is 0. The maximum atomic E-state index is 12.7. The van der Waals surface area contributed by atoms with Gasteiger partial charge in [-0.05, 0) is 12.0 Å². The standard InChI is InChI=1S/C13H24N4O2S/c1-4-11(5-2)10-17(6-3)20(18,19)13-9-15-8-7-12(13)16-14/h7-9,11H,4-6,10,14H2,1-3H3,(H,15,16). The Labute approximate surface area is 121 Å². The van der Waals surface area contributed by atoms with Crippen LogP contribution in [0.25, 0.3) is 0 Å². The molecule has 0 amide bonds. The maximum absolute atomic E-state index is 12.7. The van der Waals surface area contributed by atoms with Gasteiger partial charge in [0.05, 0.1) is 5.69 Å². The summed E-state index contributed by atoms with van der Waals surface area (Å²) < 4.78 is 26.9. The smallest absolute Gasteiger partial charge is 0.246 e. The topological polar surface area (TPSA) is 88.3 Å². The van der Waals surface area contributed by atoms with Crippen molar-refractivity contribution in [2.75, 3.05) is 18.5 Å². The van der Waals surface area contributed by atoms with Crippen LogP contribution in [0.1, 0.15) is 33.6 Å². The number of aromatic nitrogens is 1. The van der Waals surface area contributed by atoms with Crippen LogP contribution in [0.3, 0.4) is 0 Å². The predicted octanol–water partition coefficient (Wildman–Crippen LogP) is 1.81. The number of sulfonamides is 1. The minimum absolute atomic E-state index is 0.121. The van der Waals surface area contributed by atoms with E-state index in [0.29, 0.717) is 24.7 Å². The van der Waals surface area contributed by atoms with Crippen molar-refractivity contribution in [1.29, 1.82) is 0 Å². The third-order valence-corrected chi connectivity index (χ3v) is 5.50. The Balaban J connectivity index is 3.12. The first-order chi connectivity index (χ1) is 9.51. The van der Waals surface area contributed by atoms with Crippen molar-refractivity contribution < 1.29 is 8.42 Å². The maximum Gasteiger partial charge on any atom is 0.246 e. The number of pyridine rings is 1. The van der Waals surface area contributed by atoms with E-state index >= 15 is 0 Å². The summed E-state index contributed by atoms with van der Waals surface area (Å²) in [6.45, 7) is 6.94. The van der Waals surface area contributed by atoms with E-state index in [2.05, 4.69) is 24.3 Å². The van der Waals surface area contributed by atoms with Gasteiger partial charge in [0.15, 0.2) is 0 Å². The Morgan fingerprint density at radius 2 is 2.00 bits per heavy atom. The van der Waals surface area contributed by atoms with E-state index in [9.17, 15) is 8.42 Å². The fraction of sp³-hybridized carbons (Fsp3) is 0.615. The molecule has 1 aromatic rings. The Bertz CT molecular complexity index is 515. The lowest BCUT2D eigenvalue weighted by Gasteiger charge is -2.25. The van der Waals surface area contributed by atoms with Crippen LogP contribution in [0, 0.1) is 5.92 Å². The summed E-state index contributed by atoms with van der Waals surface area (Å²) in [4.78, 5) is 4.01. The average molecular weight is 300 g/mol. The number of rotatable bonds is 8. The van der Waals surface area contributed by atoms with E-state index in [1.807, 2.05) is 6.92 Å². The highest BCUT2D eigenvalue weighted by atomic mass is 32.2. The highest BCUT2D eigenvalue weighted by molar-refractivity contribution is 7.89. The molecule has 1 heterocycles. The largest absolute Gasteiger partial charge is 0.323 e. The molecule has 0 fully saturated rings. The van der Waals surface area contributed by atoms with E-state index in [0.717, 1.165) is 12.8 Å². The third-order valence-electron chi connectivity index (χ3n) is 3.53. The normalized spacial score (nSPS) is 12.1. The quantitative estimate of drug-likeness (QED) is 0.564. The van der Waals surface area contributed by atoms with Crippen LogP contribution in [0.15, 0.2) is 23.4 Å². The molecule has 0 atom stereocenters. The zero-order valence-electron chi connectivity index (χ0n) is 12.3. The molecule has 1 rings (SSSR count). The second kappa shape index (κ2) is 7.56. The van der Waals surface area contributed by atoms with Gasteiger partial charge in [-0.3, -0.25) is 10.8 Å². The van der Waals surface area contributed by atoms with Gasteiger partial charge in [-0.2, -0.15) is 4.31 Å². The SMILES string of the molecule is CCC(CC)CN(CC)S(=O)(=O)c1cnccc1NN. The molecule has 0 saturated carbocycles. The molecular formula is C13H24N4O2S. The van der Waals surface area contributed by atoms with Gasteiger partial charge in [-0.15, -0.1) is 0 Å². The van der Waals surface area contributed by atoms with Gasteiger partial charge in [0, 0.05) is 25.5 Å². The van der Waals surface area contributed by atoms with Gasteiger partial charge in [0.2, 0.25) is 10.0 Å². The van der Waals surface area contributed by atoms with Crippen LogP contribution in [0.5, 0.6) is 0 Å². The molecule has 6 nitrogen and oxygen atoms in total. The van der Waals surface area contributed by atoms with Crippen molar-refractivity contribution in [3.63, 3.8) is 0 Å². The van der Waals surface area contributed by atoms with Gasteiger partial charge in [0.1, 0.15) is 4.90 Å². The fourth-order valence-corrected chi connectivity index (χ4v) is 3.70. The number of nitrogens with one attached hydrogen (secondary N) is 1. The summed E-state index contributed by atoms with van der Waals surface area (Å²) in [6, 6.07) is 1.55. The molecule has 114 valence electrons. The van der Waals surface area contributed by atoms with Crippen LogP contribution in [-0.2, 0) is 10.0 Å². The Morgan fingerprint density at radius 3 is 2.50 bits per heavy atom. The molecular weight excluding hydrogens is 276 g/mol. The van der Waals surface area contributed by atoms with Crippen molar-refractivity contribution in [3.05, 3.63) is 18.5 Å². The number of hydrogen-bond acceptors (Lipinski definition) is 5. The lowest BCUT2D eigenvalue weighted by molar-refractivity contribution is 0.339. The summed E-state index contributed by atoms with van der Waals surface area (Å²) in [5.74, 6) is 5.74. The average Bonchev–Trinajstić information content (AvgIpc) is 2.48. The van der Waals surface area contributed by atoms with Crippen molar-refractivity contribution in [2.45, 2.75) is 38.5 Å². The molecule has 1 aromatic heterocycles. The first kappa shape index (κ1) is 16.9. The van der Waals surface area contributed by atoms with Crippen LogP contribution >= 0.6 is 0 Å². The minimum atomic E-state index is -3.58. The van der Waals surface area contributed by atoms with E-state index in [4.69, 9.17) is 5.84 Å². The molecule has 0 aliphatic carbocycles. The molecule has 0 unspecified atom stereocenters. The van der Waals surface area contributed by atoms with Crippen molar-refractivity contribution in [2.24, 2.45) is 11.8 Å². The van der Waals surface area contributed by atoms with E-state index < -0.39 is 10.0 Å². The number of anilines is 1. The van der Waals surface area contributed by atoms with Gasteiger partial charge in [0.25, 0.3) is 0 Å². The van der Waals surface area contributed by atoms with E-state index in [1.165, 1.54) is 16.7 Å². The zero-order chi connectivity index (χ0) is 15.2. The molecule has 20 heavy (non-hydrogen) atoms. The van der Waals surface area contributed by atoms with Crippen LogP contribution < -0.4 is 11.3 Å².